The lowest BCUT2D eigenvalue weighted by molar-refractivity contribution is -0.143. The molecule has 5 heteroatoms. The third-order valence-corrected chi connectivity index (χ3v) is 3.19. The molecule has 0 heterocycles. The minimum atomic E-state index is -0.776. The molecule has 0 saturated heterocycles. The number of hydrogen-bond acceptors (Lipinski definition) is 4. The maximum Gasteiger partial charge on any atom is 0.408 e. The third-order valence-electron chi connectivity index (χ3n) is 3.19. The van der Waals surface area contributed by atoms with Crippen LogP contribution in [0.3, 0.4) is 0 Å². The third kappa shape index (κ3) is 5.76. The van der Waals surface area contributed by atoms with Crippen LogP contribution in [0.1, 0.15) is 37.5 Å². The topological polar surface area (TPSA) is 64.6 Å². The van der Waals surface area contributed by atoms with E-state index in [0.29, 0.717) is 6.42 Å². The second-order valence-electron chi connectivity index (χ2n) is 6.34. The Hall–Kier alpha value is -2.04. The van der Waals surface area contributed by atoms with Crippen molar-refractivity contribution in [3.63, 3.8) is 0 Å². The fourth-order valence-corrected chi connectivity index (χ4v) is 1.95. The summed E-state index contributed by atoms with van der Waals surface area (Å²) >= 11 is 0. The summed E-state index contributed by atoms with van der Waals surface area (Å²) in [4.78, 5) is 23.7. The van der Waals surface area contributed by atoms with Gasteiger partial charge < -0.3 is 14.8 Å². The lowest BCUT2D eigenvalue weighted by atomic mass is 10.0. The summed E-state index contributed by atoms with van der Waals surface area (Å²) in [6.45, 7) is 9.33. The predicted octanol–water partition coefficient (Wildman–Crippen LogP) is 2.91. The summed E-state index contributed by atoms with van der Waals surface area (Å²) in [5.74, 6) is -0.496. The van der Waals surface area contributed by atoms with Gasteiger partial charge in [-0.2, -0.15) is 0 Å². The van der Waals surface area contributed by atoms with E-state index in [1.54, 1.807) is 20.8 Å². The van der Waals surface area contributed by atoms with E-state index in [4.69, 9.17) is 9.47 Å². The molecule has 1 rings (SSSR count). The standard InChI is InChI=1S/C17H25NO4/c1-11-7-8-13(9-12(11)2)10-14(15(19)21-6)18-16(20)22-17(3,4)5/h7-9,14H,10H2,1-6H3,(H,18,20). The first-order chi connectivity index (χ1) is 10.1. The number of amides is 1. The molecule has 0 radical (unpaired) electrons. The average molecular weight is 307 g/mol. The highest BCUT2D eigenvalue weighted by atomic mass is 16.6. The highest BCUT2D eigenvalue weighted by molar-refractivity contribution is 5.81. The Morgan fingerprint density at radius 3 is 2.32 bits per heavy atom. The van der Waals surface area contributed by atoms with Gasteiger partial charge in [0.2, 0.25) is 0 Å². The number of carbonyl (C=O) groups excluding carboxylic acids is 2. The van der Waals surface area contributed by atoms with Gasteiger partial charge in [-0.05, 0) is 51.3 Å². The highest BCUT2D eigenvalue weighted by Gasteiger charge is 2.25. The molecule has 0 spiro atoms. The summed E-state index contributed by atoms with van der Waals surface area (Å²) in [5, 5.41) is 2.57. The molecule has 0 aromatic heterocycles. The molecule has 1 unspecified atom stereocenters. The summed E-state index contributed by atoms with van der Waals surface area (Å²) in [6.07, 6.45) is -0.278. The van der Waals surface area contributed by atoms with Crippen LogP contribution in [-0.4, -0.2) is 30.8 Å². The second kappa shape index (κ2) is 7.29. The minimum Gasteiger partial charge on any atom is -0.467 e. The van der Waals surface area contributed by atoms with E-state index in [0.717, 1.165) is 11.1 Å². The Balaban J connectivity index is 2.82. The first-order valence-corrected chi connectivity index (χ1v) is 7.26. The summed E-state index contributed by atoms with van der Waals surface area (Å²) < 4.78 is 9.95. The number of carbonyl (C=O) groups is 2. The number of benzene rings is 1. The first-order valence-electron chi connectivity index (χ1n) is 7.26. The molecular formula is C17H25NO4. The summed E-state index contributed by atoms with van der Waals surface area (Å²) in [7, 11) is 1.30. The lowest BCUT2D eigenvalue weighted by Gasteiger charge is -2.22. The van der Waals surface area contributed by atoms with Crippen molar-refractivity contribution in [1.29, 1.82) is 0 Å². The average Bonchev–Trinajstić information content (AvgIpc) is 2.39. The van der Waals surface area contributed by atoms with E-state index >= 15 is 0 Å². The quantitative estimate of drug-likeness (QED) is 0.869. The Labute approximate surface area is 132 Å². The number of esters is 1. The lowest BCUT2D eigenvalue weighted by Crippen LogP contribution is -2.45. The van der Waals surface area contributed by atoms with Crippen molar-refractivity contribution in [2.45, 2.75) is 52.7 Å². The van der Waals surface area contributed by atoms with Crippen LogP contribution in [-0.2, 0) is 20.7 Å². The van der Waals surface area contributed by atoms with Gasteiger partial charge in [0.1, 0.15) is 11.6 Å². The molecule has 5 nitrogen and oxygen atoms in total. The van der Waals surface area contributed by atoms with Gasteiger partial charge in [0.15, 0.2) is 0 Å². The Morgan fingerprint density at radius 2 is 1.82 bits per heavy atom. The fraction of sp³-hybridized carbons (Fsp3) is 0.529. The Morgan fingerprint density at radius 1 is 1.18 bits per heavy atom. The van der Waals surface area contributed by atoms with Crippen LogP contribution in [0, 0.1) is 13.8 Å². The van der Waals surface area contributed by atoms with E-state index in [1.807, 2.05) is 32.0 Å². The van der Waals surface area contributed by atoms with E-state index < -0.39 is 23.7 Å². The van der Waals surface area contributed by atoms with Gasteiger partial charge in [0, 0.05) is 6.42 Å². The van der Waals surface area contributed by atoms with Gasteiger partial charge in [-0.1, -0.05) is 18.2 Å². The minimum absolute atomic E-state index is 0.354. The van der Waals surface area contributed by atoms with Crippen LogP contribution in [0.5, 0.6) is 0 Å². The van der Waals surface area contributed by atoms with Crippen molar-refractivity contribution in [2.24, 2.45) is 0 Å². The molecule has 122 valence electrons. The maximum absolute atomic E-state index is 11.9. The molecule has 22 heavy (non-hydrogen) atoms. The van der Waals surface area contributed by atoms with Crippen molar-refractivity contribution in [2.75, 3.05) is 7.11 Å². The number of ether oxygens (including phenoxy) is 2. The molecule has 1 amide bonds. The maximum atomic E-state index is 11.9. The highest BCUT2D eigenvalue weighted by Crippen LogP contribution is 2.13. The van der Waals surface area contributed by atoms with E-state index in [9.17, 15) is 9.59 Å². The van der Waals surface area contributed by atoms with E-state index in [2.05, 4.69) is 5.32 Å². The van der Waals surface area contributed by atoms with Gasteiger partial charge in [-0.15, -0.1) is 0 Å². The van der Waals surface area contributed by atoms with Crippen molar-refractivity contribution in [1.82, 2.24) is 5.32 Å². The van der Waals surface area contributed by atoms with E-state index in [1.165, 1.54) is 12.7 Å². The Kier molecular flexibility index (Phi) is 5.97. The Bertz CT molecular complexity index is 546. The zero-order chi connectivity index (χ0) is 16.9. The largest absolute Gasteiger partial charge is 0.467 e. The molecule has 1 aromatic carbocycles. The smallest absolute Gasteiger partial charge is 0.408 e. The van der Waals surface area contributed by atoms with Crippen molar-refractivity contribution < 1.29 is 19.1 Å². The first kappa shape index (κ1) is 18.0. The molecule has 1 aromatic rings. The SMILES string of the molecule is COC(=O)C(Cc1ccc(C)c(C)c1)NC(=O)OC(C)(C)C. The van der Waals surface area contributed by atoms with Crippen LogP contribution >= 0.6 is 0 Å². The van der Waals surface area contributed by atoms with Gasteiger partial charge in [0.05, 0.1) is 7.11 Å². The van der Waals surface area contributed by atoms with Crippen molar-refractivity contribution in [3.05, 3.63) is 34.9 Å². The number of methoxy groups -OCH3 is 1. The summed E-state index contributed by atoms with van der Waals surface area (Å²) in [5.41, 5.74) is 2.65. The molecule has 0 aliphatic heterocycles. The van der Waals surface area contributed by atoms with Gasteiger partial charge >= 0.3 is 12.1 Å². The molecule has 0 aliphatic rings. The van der Waals surface area contributed by atoms with E-state index in [-0.39, 0.29) is 0 Å². The van der Waals surface area contributed by atoms with Gasteiger partial charge in [0.25, 0.3) is 0 Å². The molecule has 1 N–H and O–H groups in total. The van der Waals surface area contributed by atoms with Crippen molar-refractivity contribution in [3.8, 4) is 0 Å². The zero-order valence-electron chi connectivity index (χ0n) is 14.1. The van der Waals surface area contributed by atoms with Gasteiger partial charge in [-0.25, -0.2) is 9.59 Å². The molecular weight excluding hydrogens is 282 g/mol. The molecule has 1 atom stereocenters. The summed E-state index contributed by atoms with van der Waals surface area (Å²) in [6, 6.07) is 5.16. The van der Waals surface area contributed by atoms with Crippen LogP contribution in [0.15, 0.2) is 18.2 Å². The number of rotatable bonds is 4. The van der Waals surface area contributed by atoms with Crippen LogP contribution in [0.2, 0.25) is 0 Å². The predicted molar refractivity (Wildman–Crippen MR) is 84.8 cm³/mol. The monoisotopic (exact) mass is 307 g/mol. The second-order valence-corrected chi connectivity index (χ2v) is 6.34. The van der Waals surface area contributed by atoms with Crippen LogP contribution < -0.4 is 5.32 Å². The normalized spacial score (nSPS) is 12.5. The number of nitrogens with one attached hydrogen (secondary N) is 1. The molecule has 0 aliphatic carbocycles. The molecule has 0 bridgehead atoms. The molecule has 0 fully saturated rings. The number of alkyl carbamates (subject to hydrolysis) is 1. The van der Waals surface area contributed by atoms with Crippen LogP contribution in [0.4, 0.5) is 4.79 Å². The number of hydrogen-bond donors (Lipinski definition) is 1. The van der Waals surface area contributed by atoms with Crippen molar-refractivity contribution >= 4 is 12.1 Å². The zero-order valence-corrected chi connectivity index (χ0v) is 14.1. The van der Waals surface area contributed by atoms with Gasteiger partial charge in [-0.3, -0.25) is 0 Å². The number of aryl methyl sites for hydroxylation is 2. The van der Waals surface area contributed by atoms with Crippen LogP contribution in [0.25, 0.3) is 0 Å². The molecule has 0 saturated carbocycles. The fourth-order valence-electron chi connectivity index (χ4n) is 1.95.